The predicted molar refractivity (Wildman–Crippen MR) is 92.2 cm³/mol. The second-order valence-electron chi connectivity index (χ2n) is 5.69. The van der Waals surface area contributed by atoms with E-state index in [0.717, 1.165) is 28.4 Å². The molecule has 0 fully saturated rings. The molecule has 26 heavy (non-hydrogen) atoms. The van der Waals surface area contributed by atoms with E-state index in [4.69, 9.17) is 25.5 Å². The van der Waals surface area contributed by atoms with Crippen LogP contribution >= 0.6 is 11.6 Å². The van der Waals surface area contributed by atoms with Gasteiger partial charge in [0.05, 0.1) is 11.6 Å². The Labute approximate surface area is 161 Å². The van der Waals surface area contributed by atoms with E-state index in [1.807, 2.05) is 30.3 Å². The zero-order valence-corrected chi connectivity index (χ0v) is 15.1. The van der Waals surface area contributed by atoms with Crippen molar-refractivity contribution in [2.45, 2.75) is 13.1 Å². The standard InChI is InChI=1S/C19H15ClFNO3.ClH/c20-15-8-13(2-4-16(15)21)17-6-3-14(25-17)10-22-9-12-1-5-18-19(7-12)24-11-23-18;/h1-8,22H,9-11H2;1H/p-1. The van der Waals surface area contributed by atoms with Gasteiger partial charge < -0.3 is 31.6 Å². The molecule has 0 amide bonds. The lowest BCUT2D eigenvalue weighted by molar-refractivity contribution is -0.00000760. The van der Waals surface area contributed by atoms with Gasteiger partial charge in [-0.05, 0) is 48.0 Å². The van der Waals surface area contributed by atoms with Crippen molar-refractivity contribution < 1.29 is 30.7 Å². The number of halogens is 3. The van der Waals surface area contributed by atoms with Crippen LogP contribution in [0.25, 0.3) is 11.3 Å². The number of ether oxygens (including phenoxy) is 2. The topological polar surface area (TPSA) is 43.6 Å². The Hall–Kier alpha value is -2.21. The molecule has 4 nitrogen and oxygen atoms in total. The molecule has 0 saturated heterocycles. The first-order valence-electron chi connectivity index (χ1n) is 7.82. The number of nitrogens with one attached hydrogen (secondary N) is 1. The van der Waals surface area contributed by atoms with Crippen molar-refractivity contribution in [2.24, 2.45) is 0 Å². The second-order valence-corrected chi connectivity index (χ2v) is 6.09. The van der Waals surface area contributed by atoms with Crippen molar-refractivity contribution >= 4 is 11.6 Å². The molecule has 0 bridgehead atoms. The zero-order chi connectivity index (χ0) is 17.2. The van der Waals surface area contributed by atoms with Gasteiger partial charge in [0, 0.05) is 12.1 Å². The summed E-state index contributed by atoms with van der Waals surface area (Å²) in [5.41, 5.74) is 1.84. The maximum Gasteiger partial charge on any atom is 0.231 e. The third-order valence-corrected chi connectivity index (χ3v) is 4.22. The number of hydrogen-bond acceptors (Lipinski definition) is 4. The molecule has 0 unspecified atom stereocenters. The van der Waals surface area contributed by atoms with Gasteiger partial charge in [-0.3, -0.25) is 0 Å². The summed E-state index contributed by atoms with van der Waals surface area (Å²) in [6, 6.07) is 14.1. The molecule has 1 aliphatic heterocycles. The number of furan rings is 1. The molecule has 3 aromatic rings. The van der Waals surface area contributed by atoms with E-state index in [1.165, 1.54) is 6.07 Å². The summed E-state index contributed by atoms with van der Waals surface area (Å²) >= 11 is 5.81. The van der Waals surface area contributed by atoms with Gasteiger partial charge in [-0.1, -0.05) is 17.7 Å². The average Bonchev–Trinajstić information content (AvgIpc) is 3.26. The van der Waals surface area contributed by atoms with Crippen LogP contribution in [0.4, 0.5) is 4.39 Å². The van der Waals surface area contributed by atoms with Gasteiger partial charge in [0.15, 0.2) is 11.5 Å². The first-order valence-corrected chi connectivity index (χ1v) is 8.20. The van der Waals surface area contributed by atoms with E-state index in [-0.39, 0.29) is 24.2 Å². The predicted octanol–water partition coefficient (Wildman–Crippen LogP) is 1.76. The number of fused-ring (bicyclic) bond motifs is 1. The van der Waals surface area contributed by atoms with Gasteiger partial charge in [-0.2, -0.15) is 0 Å². The molecule has 0 radical (unpaired) electrons. The van der Waals surface area contributed by atoms with E-state index >= 15 is 0 Å². The van der Waals surface area contributed by atoms with Crippen LogP contribution in [0.5, 0.6) is 11.5 Å². The summed E-state index contributed by atoms with van der Waals surface area (Å²) in [5.74, 6) is 2.55. The zero-order valence-electron chi connectivity index (χ0n) is 13.6. The highest BCUT2D eigenvalue weighted by molar-refractivity contribution is 6.31. The van der Waals surface area contributed by atoms with Gasteiger partial charge in [0.2, 0.25) is 6.79 Å². The van der Waals surface area contributed by atoms with E-state index in [0.29, 0.717) is 18.8 Å². The molecule has 7 heteroatoms. The Morgan fingerprint density at radius 3 is 2.65 bits per heavy atom. The fourth-order valence-corrected chi connectivity index (χ4v) is 2.84. The Morgan fingerprint density at radius 1 is 0.962 bits per heavy atom. The summed E-state index contributed by atoms with van der Waals surface area (Å²) < 4.78 is 29.7. The van der Waals surface area contributed by atoms with Crippen molar-refractivity contribution in [1.82, 2.24) is 5.32 Å². The van der Waals surface area contributed by atoms with E-state index < -0.39 is 5.82 Å². The molecule has 2 heterocycles. The quantitative estimate of drug-likeness (QED) is 0.715. The van der Waals surface area contributed by atoms with Crippen LogP contribution in [0, 0.1) is 5.82 Å². The summed E-state index contributed by atoms with van der Waals surface area (Å²) in [7, 11) is 0. The number of benzene rings is 2. The van der Waals surface area contributed by atoms with Crippen molar-refractivity contribution in [3.8, 4) is 22.8 Å². The van der Waals surface area contributed by atoms with Crippen LogP contribution in [0.2, 0.25) is 5.02 Å². The number of hydrogen-bond donors (Lipinski definition) is 1. The minimum Gasteiger partial charge on any atom is -1.00 e. The Kier molecular flexibility index (Phi) is 5.71. The molecular weight excluding hydrogens is 380 g/mol. The Bertz CT molecular complexity index is 914. The fourth-order valence-electron chi connectivity index (χ4n) is 2.66. The number of rotatable bonds is 5. The molecule has 2 aromatic carbocycles. The first-order chi connectivity index (χ1) is 12.2. The van der Waals surface area contributed by atoms with Crippen LogP contribution < -0.4 is 27.2 Å². The normalized spacial score (nSPS) is 12.1. The van der Waals surface area contributed by atoms with Crippen molar-refractivity contribution in [1.29, 1.82) is 0 Å². The smallest absolute Gasteiger partial charge is 0.231 e. The third kappa shape index (κ3) is 3.96. The molecule has 0 atom stereocenters. The molecule has 1 aliphatic rings. The molecule has 0 saturated carbocycles. The SMILES string of the molecule is Fc1ccc(-c2ccc(CNCc3ccc4c(c3)OCO4)o2)cc1Cl.[Cl-]. The van der Waals surface area contributed by atoms with Gasteiger partial charge in [-0.15, -0.1) is 0 Å². The Balaban J connectivity index is 0.00000196. The lowest BCUT2D eigenvalue weighted by atomic mass is 10.2. The average molecular weight is 395 g/mol. The van der Waals surface area contributed by atoms with Gasteiger partial charge in [0.25, 0.3) is 0 Å². The molecule has 4 rings (SSSR count). The summed E-state index contributed by atoms with van der Waals surface area (Å²) in [6.45, 7) is 1.52. The Morgan fingerprint density at radius 2 is 1.81 bits per heavy atom. The van der Waals surface area contributed by atoms with E-state index in [9.17, 15) is 4.39 Å². The summed E-state index contributed by atoms with van der Waals surface area (Å²) in [4.78, 5) is 0. The largest absolute Gasteiger partial charge is 1.00 e. The monoisotopic (exact) mass is 394 g/mol. The van der Waals surface area contributed by atoms with Crippen LogP contribution in [0.3, 0.4) is 0 Å². The maximum absolute atomic E-state index is 13.2. The van der Waals surface area contributed by atoms with E-state index in [1.54, 1.807) is 12.1 Å². The minimum absolute atomic E-state index is 0. The highest BCUT2D eigenvalue weighted by atomic mass is 35.5. The van der Waals surface area contributed by atoms with Gasteiger partial charge >= 0.3 is 0 Å². The summed E-state index contributed by atoms with van der Waals surface area (Å²) in [6.07, 6.45) is 0. The lowest BCUT2D eigenvalue weighted by Gasteiger charge is -2.05. The molecule has 0 aliphatic carbocycles. The fraction of sp³-hybridized carbons (Fsp3) is 0.158. The molecule has 1 N–H and O–H groups in total. The van der Waals surface area contributed by atoms with Crippen LogP contribution in [-0.2, 0) is 13.1 Å². The van der Waals surface area contributed by atoms with Crippen molar-refractivity contribution in [3.63, 3.8) is 0 Å². The second kappa shape index (κ2) is 7.99. The maximum atomic E-state index is 13.2. The van der Waals surface area contributed by atoms with Crippen molar-refractivity contribution in [3.05, 3.63) is 70.7 Å². The lowest BCUT2D eigenvalue weighted by Crippen LogP contribution is -3.00. The molecule has 136 valence electrons. The molecule has 1 aromatic heterocycles. The van der Waals surface area contributed by atoms with Crippen LogP contribution in [0.1, 0.15) is 11.3 Å². The van der Waals surface area contributed by atoms with Crippen LogP contribution in [-0.4, -0.2) is 6.79 Å². The third-order valence-electron chi connectivity index (χ3n) is 3.93. The molecule has 0 spiro atoms. The van der Waals surface area contributed by atoms with E-state index in [2.05, 4.69) is 5.32 Å². The van der Waals surface area contributed by atoms with Gasteiger partial charge in [0.1, 0.15) is 17.3 Å². The highest BCUT2D eigenvalue weighted by Crippen LogP contribution is 2.32. The highest BCUT2D eigenvalue weighted by Gasteiger charge is 2.13. The minimum atomic E-state index is -0.442. The van der Waals surface area contributed by atoms with Crippen LogP contribution in [0.15, 0.2) is 52.9 Å². The molecular formula is C19H15Cl2FNO3-. The van der Waals surface area contributed by atoms with Crippen molar-refractivity contribution in [2.75, 3.05) is 6.79 Å². The van der Waals surface area contributed by atoms with Gasteiger partial charge in [-0.25, -0.2) is 4.39 Å². The first kappa shape index (κ1) is 18.6. The summed E-state index contributed by atoms with van der Waals surface area (Å²) in [5, 5.41) is 3.40.